The van der Waals surface area contributed by atoms with Crippen molar-refractivity contribution >= 4 is 23.4 Å². The van der Waals surface area contributed by atoms with Crippen LogP contribution in [0.5, 0.6) is 0 Å². The summed E-state index contributed by atoms with van der Waals surface area (Å²) in [5, 5.41) is 9.67. The van der Waals surface area contributed by atoms with E-state index in [1.54, 1.807) is 6.20 Å². The van der Waals surface area contributed by atoms with Crippen LogP contribution in [-0.2, 0) is 4.79 Å². The molecule has 2 aromatic rings. The number of benzene rings is 1. The van der Waals surface area contributed by atoms with Gasteiger partial charge in [0.25, 0.3) is 0 Å². The van der Waals surface area contributed by atoms with Gasteiger partial charge in [-0.1, -0.05) is 23.7 Å². The molecular formula is C16H16ClN3O2. The van der Waals surface area contributed by atoms with Gasteiger partial charge in [-0.2, -0.15) is 0 Å². The number of nitrogens with zero attached hydrogens (tertiary/aromatic N) is 3. The smallest absolute Gasteiger partial charge is 0.306 e. The summed E-state index contributed by atoms with van der Waals surface area (Å²) in [7, 11) is 0. The Kier molecular flexibility index (Phi) is 4.24. The van der Waals surface area contributed by atoms with E-state index in [-0.39, 0.29) is 5.92 Å². The van der Waals surface area contributed by atoms with Gasteiger partial charge in [-0.05, 0) is 31.0 Å². The van der Waals surface area contributed by atoms with Crippen molar-refractivity contribution in [1.29, 1.82) is 0 Å². The molecule has 0 aliphatic carbocycles. The van der Waals surface area contributed by atoms with E-state index in [4.69, 9.17) is 16.7 Å². The zero-order valence-electron chi connectivity index (χ0n) is 11.9. The first kappa shape index (κ1) is 14.8. The number of carboxylic acid groups (broad SMARTS) is 1. The Bertz CT molecular complexity index is 685. The minimum Gasteiger partial charge on any atom is -0.481 e. The molecule has 0 atom stereocenters. The second-order valence-corrected chi connectivity index (χ2v) is 5.73. The number of aromatic nitrogens is 2. The van der Waals surface area contributed by atoms with Gasteiger partial charge < -0.3 is 10.0 Å². The first-order valence-electron chi connectivity index (χ1n) is 7.21. The number of carbonyl (C=O) groups is 1. The van der Waals surface area contributed by atoms with Crippen LogP contribution in [0.15, 0.2) is 36.5 Å². The Morgan fingerprint density at radius 1 is 1.23 bits per heavy atom. The van der Waals surface area contributed by atoms with Crippen LogP contribution in [0.1, 0.15) is 12.8 Å². The standard InChI is InChI=1S/C16H16ClN3O2/c17-13-4-2-1-3-12(13)15-18-8-5-14(19-15)20-9-6-11(7-10-20)16(21)22/h1-5,8,11H,6-7,9-10H2,(H,21,22). The number of hydrogen-bond donors (Lipinski definition) is 1. The van der Waals surface area contributed by atoms with Crippen LogP contribution in [0.2, 0.25) is 5.02 Å². The third-order valence-corrected chi connectivity index (χ3v) is 4.25. The lowest BCUT2D eigenvalue weighted by atomic mass is 9.97. The first-order chi connectivity index (χ1) is 10.6. The highest BCUT2D eigenvalue weighted by Gasteiger charge is 2.25. The van der Waals surface area contributed by atoms with Crippen molar-refractivity contribution in [3.8, 4) is 11.4 Å². The molecule has 3 rings (SSSR count). The van der Waals surface area contributed by atoms with Crippen molar-refractivity contribution in [2.75, 3.05) is 18.0 Å². The van der Waals surface area contributed by atoms with Gasteiger partial charge in [0.15, 0.2) is 5.82 Å². The average molecular weight is 318 g/mol. The van der Waals surface area contributed by atoms with Crippen molar-refractivity contribution < 1.29 is 9.90 Å². The van der Waals surface area contributed by atoms with Gasteiger partial charge in [0.05, 0.1) is 10.9 Å². The number of halogens is 1. The molecule has 0 radical (unpaired) electrons. The molecule has 0 unspecified atom stereocenters. The Hall–Kier alpha value is -2.14. The van der Waals surface area contributed by atoms with Gasteiger partial charge in [0.1, 0.15) is 5.82 Å². The van der Waals surface area contributed by atoms with Crippen LogP contribution in [0.25, 0.3) is 11.4 Å². The van der Waals surface area contributed by atoms with Crippen molar-refractivity contribution in [3.63, 3.8) is 0 Å². The highest BCUT2D eigenvalue weighted by molar-refractivity contribution is 6.33. The van der Waals surface area contributed by atoms with Gasteiger partial charge >= 0.3 is 5.97 Å². The molecule has 1 fully saturated rings. The van der Waals surface area contributed by atoms with Gasteiger partial charge in [-0.15, -0.1) is 0 Å². The highest BCUT2D eigenvalue weighted by atomic mass is 35.5. The van der Waals surface area contributed by atoms with Crippen molar-refractivity contribution in [3.05, 3.63) is 41.6 Å². The van der Waals surface area contributed by atoms with Crippen molar-refractivity contribution in [1.82, 2.24) is 9.97 Å². The summed E-state index contributed by atoms with van der Waals surface area (Å²) < 4.78 is 0. The largest absolute Gasteiger partial charge is 0.481 e. The molecule has 22 heavy (non-hydrogen) atoms. The average Bonchev–Trinajstić information content (AvgIpc) is 2.55. The molecule has 0 amide bonds. The summed E-state index contributed by atoms with van der Waals surface area (Å²) in [6, 6.07) is 9.31. The van der Waals surface area contributed by atoms with Crippen molar-refractivity contribution in [2.24, 2.45) is 5.92 Å². The van der Waals surface area contributed by atoms with Gasteiger partial charge in [-0.3, -0.25) is 4.79 Å². The lowest BCUT2D eigenvalue weighted by molar-refractivity contribution is -0.142. The molecule has 1 aliphatic rings. The van der Waals surface area contributed by atoms with E-state index in [1.807, 2.05) is 30.3 Å². The fourth-order valence-corrected chi connectivity index (χ4v) is 2.87. The number of hydrogen-bond acceptors (Lipinski definition) is 4. The summed E-state index contributed by atoms with van der Waals surface area (Å²) in [6.45, 7) is 1.38. The van der Waals surface area contributed by atoms with Gasteiger partial charge in [-0.25, -0.2) is 9.97 Å². The number of rotatable bonds is 3. The maximum Gasteiger partial charge on any atom is 0.306 e. The molecule has 1 N–H and O–H groups in total. The molecule has 0 spiro atoms. The maximum atomic E-state index is 11.0. The van der Waals surface area contributed by atoms with E-state index in [0.717, 1.165) is 11.4 Å². The fraction of sp³-hybridized carbons (Fsp3) is 0.312. The zero-order valence-corrected chi connectivity index (χ0v) is 12.7. The molecule has 0 saturated carbocycles. The number of aliphatic carboxylic acids is 1. The molecular weight excluding hydrogens is 302 g/mol. The SMILES string of the molecule is O=C(O)C1CCN(c2ccnc(-c3ccccc3Cl)n2)CC1. The molecule has 2 heterocycles. The predicted octanol–water partition coefficient (Wildman–Crippen LogP) is 3.10. The molecule has 5 nitrogen and oxygen atoms in total. The number of piperidine rings is 1. The number of carboxylic acids is 1. The normalized spacial score (nSPS) is 15.8. The van der Waals surface area contributed by atoms with E-state index in [9.17, 15) is 4.79 Å². The quantitative estimate of drug-likeness (QED) is 0.942. The van der Waals surface area contributed by atoms with Gasteiger partial charge in [0.2, 0.25) is 0 Å². The second kappa shape index (κ2) is 6.32. The second-order valence-electron chi connectivity index (χ2n) is 5.32. The monoisotopic (exact) mass is 317 g/mol. The summed E-state index contributed by atoms with van der Waals surface area (Å²) in [5.74, 6) is 0.442. The highest BCUT2D eigenvalue weighted by Crippen LogP contribution is 2.27. The molecule has 1 saturated heterocycles. The Labute approximate surface area is 133 Å². The fourth-order valence-electron chi connectivity index (χ4n) is 2.65. The van der Waals surface area contributed by atoms with E-state index in [0.29, 0.717) is 36.8 Å². The molecule has 6 heteroatoms. The van der Waals surface area contributed by atoms with Crippen LogP contribution in [0.3, 0.4) is 0 Å². The van der Waals surface area contributed by atoms with E-state index < -0.39 is 5.97 Å². The third kappa shape index (κ3) is 3.04. The maximum absolute atomic E-state index is 11.0. The minimum atomic E-state index is -0.709. The lowest BCUT2D eigenvalue weighted by Gasteiger charge is -2.31. The van der Waals surface area contributed by atoms with E-state index >= 15 is 0 Å². The van der Waals surface area contributed by atoms with Crippen LogP contribution < -0.4 is 4.90 Å². The Morgan fingerprint density at radius 3 is 2.64 bits per heavy atom. The van der Waals surface area contributed by atoms with Crippen LogP contribution in [0, 0.1) is 5.92 Å². The zero-order chi connectivity index (χ0) is 15.5. The van der Waals surface area contributed by atoms with Gasteiger partial charge in [0, 0.05) is 24.8 Å². The Morgan fingerprint density at radius 2 is 1.95 bits per heavy atom. The molecule has 1 aromatic heterocycles. The van der Waals surface area contributed by atoms with Crippen molar-refractivity contribution in [2.45, 2.75) is 12.8 Å². The van der Waals surface area contributed by atoms with Crippen LogP contribution in [-0.4, -0.2) is 34.1 Å². The number of anilines is 1. The molecule has 1 aliphatic heterocycles. The summed E-state index contributed by atoms with van der Waals surface area (Å²) >= 11 is 6.19. The lowest BCUT2D eigenvalue weighted by Crippen LogP contribution is -2.36. The topological polar surface area (TPSA) is 66.3 Å². The van der Waals surface area contributed by atoms with E-state index in [1.165, 1.54) is 0 Å². The molecule has 0 bridgehead atoms. The minimum absolute atomic E-state index is 0.249. The summed E-state index contributed by atoms with van der Waals surface area (Å²) in [6.07, 6.45) is 2.99. The Balaban J connectivity index is 1.81. The molecule has 1 aromatic carbocycles. The third-order valence-electron chi connectivity index (χ3n) is 3.92. The van der Waals surface area contributed by atoms with E-state index in [2.05, 4.69) is 14.9 Å². The van der Waals surface area contributed by atoms with Crippen LogP contribution >= 0.6 is 11.6 Å². The first-order valence-corrected chi connectivity index (χ1v) is 7.58. The summed E-state index contributed by atoms with van der Waals surface area (Å²) in [5.41, 5.74) is 0.798. The van der Waals surface area contributed by atoms with Crippen LogP contribution in [0.4, 0.5) is 5.82 Å². The summed E-state index contributed by atoms with van der Waals surface area (Å²) in [4.78, 5) is 22.0. The predicted molar refractivity (Wildman–Crippen MR) is 85.1 cm³/mol. The molecule has 114 valence electrons.